The molecule has 4 nitrogen and oxygen atoms in total. The monoisotopic (exact) mass is 294 g/mol. The van der Waals surface area contributed by atoms with Crippen molar-refractivity contribution in [2.24, 2.45) is 0 Å². The summed E-state index contributed by atoms with van der Waals surface area (Å²) in [4.78, 5) is 24.2. The van der Waals surface area contributed by atoms with Crippen LogP contribution in [0, 0.1) is 11.3 Å². The maximum absolute atomic E-state index is 11.5. The average molecular weight is 295 g/mol. The molecule has 0 saturated heterocycles. The van der Waals surface area contributed by atoms with Gasteiger partial charge in [0.2, 0.25) is 5.91 Å². The molecule has 0 unspecified atom stereocenters. The molecule has 1 rings (SSSR count). The van der Waals surface area contributed by atoms with Crippen molar-refractivity contribution < 1.29 is 9.59 Å². The van der Waals surface area contributed by atoms with Crippen LogP contribution in [0.4, 0.5) is 5.69 Å². The summed E-state index contributed by atoms with van der Waals surface area (Å²) in [7, 11) is 0. The minimum absolute atomic E-state index is 0.00939. The van der Waals surface area contributed by atoms with Gasteiger partial charge in [-0.3, -0.25) is 9.59 Å². The lowest BCUT2D eigenvalue weighted by molar-refractivity contribution is -0.120. The fraction of sp³-hybridized carbons (Fsp3) is 0.250. The number of carbonyl (C=O) groups excluding carboxylic acids is 2. The molecular formula is C12H11BrN2O2. The van der Waals surface area contributed by atoms with Crippen molar-refractivity contribution in [3.05, 3.63) is 29.8 Å². The van der Waals surface area contributed by atoms with Crippen LogP contribution in [0.5, 0.6) is 0 Å². The Morgan fingerprint density at radius 3 is 2.71 bits per heavy atom. The highest BCUT2D eigenvalue weighted by molar-refractivity contribution is 9.09. The van der Waals surface area contributed by atoms with Gasteiger partial charge in [-0.2, -0.15) is 5.26 Å². The standard InChI is InChI=1S/C12H11BrN2O2/c1-9(16)15(8-12(17)6-13)11-4-2-3-10(5-11)7-14/h2-5H,6,8H2,1H3. The van der Waals surface area contributed by atoms with E-state index in [0.29, 0.717) is 11.3 Å². The Morgan fingerprint density at radius 1 is 1.47 bits per heavy atom. The van der Waals surface area contributed by atoms with Crippen molar-refractivity contribution >= 4 is 33.3 Å². The highest BCUT2D eigenvalue weighted by atomic mass is 79.9. The first-order valence-electron chi connectivity index (χ1n) is 4.94. The molecular weight excluding hydrogens is 284 g/mol. The maximum atomic E-state index is 11.5. The second-order valence-electron chi connectivity index (χ2n) is 3.44. The minimum Gasteiger partial charge on any atom is -0.305 e. The lowest BCUT2D eigenvalue weighted by atomic mass is 10.2. The molecule has 0 N–H and O–H groups in total. The molecule has 0 atom stereocenters. The predicted octanol–water partition coefficient (Wildman–Crippen LogP) is 1.88. The van der Waals surface area contributed by atoms with Gasteiger partial charge in [0.15, 0.2) is 5.78 Å². The molecule has 0 heterocycles. The zero-order chi connectivity index (χ0) is 12.8. The number of benzene rings is 1. The first-order valence-corrected chi connectivity index (χ1v) is 6.06. The van der Waals surface area contributed by atoms with Gasteiger partial charge in [-0.15, -0.1) is 0 Å². The Balaban J connectivity index is 3.02. The van der Waals surface area contributed by atoms with E-state index in [-0.39, 0.29) is 23.6 Å². The number of hydrogen-bond donors (Lipinski definition) is 0. The molecule has 0 aliphatic rings. The van der Waals surface area contributed by atoms with Crippen LogP contribution in [0.3, 0.4) is 0 Å². The highest BCUT2D eigenvalue weighted by Crippen LogP contribution is 2.16. The molecule has 0 radical (unpaired) electrons. The summed E-state index contributed by atoms with van der Waals surface area (Å²) in [6.45, 7) is 1.40. The number of ketones is 1. The molecule has 5 heteroatoms. The van der Waals surface area contributed by atoms with Crippen molar-refractivity contribution in [3.63, 3.8) is 0 Å². The summed E-state index contributed by atoms with van der Waals surface area (Å²) in [5.74, 6) is -0.322. The zero-order valence-corrected chi connectivity index (χ0v) is 10.9. The second kappa shape index (κ2) is 6.16. The van der Waals surface area contributed by atoms with Gasteiger partial charge < -0.3 is 4.90 Å². The Hall–Kier alpha value is -1.67. The van der Waals surface area contributed by atoms with Gasteiger partial charge in [0.1, 0.15) is 0 Å². The van der Waals surface area contributed by atoms with Crippen LogP contribution in [-0.2, 0) is 9.59 Å². The molecule has 88 valence electrons. The summed E-state index contributed by atoms with van der Waals surface area (Å²) >= 11 is 3.05. The van der Waals surface area contributed by atoms with E-state index in [4.69, 9.17) is 5.26 Å². The summed E-state index contributed by atoms with van der Waals surface area (Å²) < 4.78 is 0. The molecule has 0 bridgehead atoms. The summed E-state index contributed by atoms with van der Waals surface area (Å²) in [6, 6.07) is 8.61. The number of anilines is 1. The van der Waals surface area contributed by atoms with Gasteiger partial charge in [-0.25, -0.2) is 0 Å². The van der Waals surface area contributed by atoms with Gasteiger partial charge in [-0.05, 0) is 18.2 Å². The van der Waals surface area contributed by atoms with E-state index in [1.54, 1.807) is 24.3 Å². The quantitative estimate of drug-likeness (QED) is 0.797. The summed E-state index contributed by atoms with van der Waals surface area (Å²) in [5, 5.41) is 8.99. The lowest BCUT2D eigenvalue weighted by Gasteiger charge is -2.20. The number of rotatable bonds is 4. The van der Waals surface area contributed by atoms with E-state index in [1.165, 1.54) is 11.8 Å². The van der Waals surface area contributed by atoms with Gasteiger partial charge in [0.05, 0.1) is 23.5 Å². The molecule has 0 spiro atoms. The third-order valence-electron chi connectivity index (χ3n) is 2.15. The average Bonchev–Trinajstić information content (AvgIpc) is 2.35. The van der Waals surface area contributed by atoms with Crippen LogP contribution in [0.2, 0.25) is 0 Å². The Kier molecular flexibility index (Phi) is 4.85. The summed E-state index contributed by atoms with van der Waals surface area (Å²) in [5.41, 5.74) is 1.02. The minimum atomic E-state index is -0.227. The number of nitrogens with zero attached hydrogens (tertiary/aromatic N) is 2. The van der Waals surface area contributed by atoms with Crippen molar-refractivity contribution in [2.45, 2.75) is 6.92 Å². The third kappa shape index (κ3) is 3.68. The molecule has 17 heavy (non-hydrogen) atoms. The molecule has 0 aliphatic carbocycles. The van der Waals surface area contributed by atoms with Crippen molar-refractivity contribution in [1.82, 2.24) is 0 Å². The van der Waals surface area contributed by atoms with E-state index in [1.807, 2.05) is 6.07 Å². The van der Waals surface area contributed by atoms with Crippen LogP contribution in [0.1, 0.15) is 12.5 Å². The SMILES string of the molecule is CC(=O)N(CC(=O)CBr)c1cccc(C#N)c1. The Morgan fingerprint density at radius 2 is 2.18 bits per heavy atom. The van der Waals surface area contributed by atoms with E-state index in [2.05, 4.69) is 15.9 Å². The molecule has 0 aliphatic heterocycles. The van der Waals surface area contributed by atoms with E-state index < -0.39 is 0 Å². The van der Waals surface area contributed by atoms with Crippen LogP contribution < -0.4 is 4.90 Å². The number of carbonyl (C=O) groups is 2. The number of hydrogen-bond acceptors (Lipinski definition) is 3. The lowest BCUT2D eigenvalue weighted by Crippen LogP contribution is -2.34. The molecule has 1 aromatic carbocycles. The van der Waals surface area contributed by atoms with Crippen molar-refractivity contribution in [3.8, 4) is 6.07 Å². The fourth-order valence-electron chi connectivity index (χ4n) is 1.35. The largest absolute Gasteiger partial charge is 0.305 e. The first kappa shape index (κ1) is 13.4. The molecule has 0 fully saturated rings. The third-order valence-corrected chi connectivity index (χ3v) is 2.78. The Labute approximate surface area is 108 Å². The smallest absolute Gasteiger partial charge is 0.224 e. The highest BCUT2D eigenvalue weighted by Gasteiger charge is 2.15. The maximum Gasteiger partial charge on any atom is 0.224 e. The van der Waals surface area contributed by atoms with Crippen LogP contribution in [-0.4, -0.2) is 23.6 Å². The molecule has 1 amide bonds. The van der Waals surface area contributed by atoms with Crippen molar-refractivity contribution in [1.29, 1.82) is 5.26 Å². The first-order chi connectivity index (χ1) is 8.08. The van der Waals surface area contributed by atoms with Crippen LogP contribution >= 0.6 is 15.9 Å². The molecule has 0 saturated carbocycles. The normalized spacial score (nSPS) is 9.47. The van der Waals surface area contributed by atoms with Gasteiger partial charge in [-0.1, -0.05) is 22.0 Å². The topological polar surface area (TPSA) is 61.2 Å². The van der Waals surface area contributed by atoms with E-state index >= 15 is 0 Å². The predicted molar refractivity (Wildman–Crippen MR) is 68.0 cm³/mol. The molecule has 1 aromatic rings. The second-order valence-corrected chi connectivity index (χ2v) is 4.00. The van der Waals surface area contributed by atoms with Crippen LogP contribution in [0.25, 0.3) is 0 Å². The van der Waals surface area contributed by atoms with Gasteiger partial charge in [0, 0.05) is 12.6 Å². The van der Waals surface area contributed by atoms with Gasteiger partial charge >= 0.3 is 0 Å². The fourth-order valence-corrected chi connectivity index (χ4v) is 1.52. The number of alkyl halides is 1. The van der Waals surface area contributed by atoms with E-state index in [0.717, 1.165) is 0 Å². The number of nitriles is 1. The van der Waals surface area contributed by atoms with E-state index in [9.17, 15) is 9.59 Å². The van der Waals surface area contributed by atoms with Crippen LogP contribution in [0.15, 0.2) is 24.3 Å². The van der Waals surface area contributed by atoms with Gasteiger partial charge in [0.25, 0.3) is 0 Å². The summed E-state index contributed by atoms with van der Waals surface area (Å²) in [6.07, 6.45) is 0. The number of halogens is 1. The number of Topliss-reactive ketones (excluding diaryl/α,β-unsaturated/α-hetero) is 1. The number of amides is 1. The Bertz CT molecular complexity index is 480. The molecule has 0 aromatic heterocycles. The van der Waals surface area contributed by atoms with Crippen molar-refractivity contribution in [2.75, 3.05) is 16.8 Å². The zero-order valence-electron chi connectivity index (χ0n) is 9.31.